The summed E-state index contributed by atoms with van der Waals surface area (Å²) in [5.74, 6) is 0.449. The molecule has 0 heterocycles. The number of carbonyl (C=O) groups is 1. The maximum atomic E-state index is 12.5. The summed E-state index contributed by atoms with van der Waals surface area (Å²) < 4.78 is 48.6. The van der Waals surface area contributed by atoms with Crippen LogP contribution >= 0.6 is 0 Å². The summed E-state index contributed by atoms with van der Waals surface area (Å²) in [7, 11) is 0. The molecule has 0 saturated carbocycles. The highest BCUT2D eigenvalue weighted by molar-refractivity contribution is 5.94. The van der Waals surface area contributed by atoms with Crippen LogP contribution in [0.1, 0.15) is 19.4 Å². The van der Waals surface area contributed by atoms with Crippen LogP contribution in [0.5, 0.6) is 11.5 Å². The van der Waals surface area contributed by atoms with Crippen molar-refractivity contribution < 1.29 is 27.4 Å². The van der Waals surface area contributed by atoms with Crippen molar-refractivity contribution in [1.29, 1.82) is 0 Å². The fraction of sp³-hybridized carbons (Fsp3) is 0.278. The number of ether oxygens (including phenoxy) is 2. The number of alkyl halides is 3. The van der Waals surface area contributed by atoms with Gasteiger partial charge in [-0.15, -0.1) is 0 Å². The van der Waals surface area contributed by atoms with Crippen LogP contribution in [0.3, 0.4) is 0 Å². The zero-order chi connectivity index (χ0) is 18.4. The molecule has 0 radical (unpaired) electrons. The topological polar surface area (TPSA) is 47.6 Å². The molecule has 2 rings (SSSR count). The standard InChI is InChI=1S/C18H18F3NO3/c1-3-24-15-6-4-5-7-16(15)25-12(2)17(23)22-14-10-8-13(9-11-14)18(19,20)21/h4-12H,3H2,1-2H3,(H,22,23)/t12-/m0/s1. The number of para-hydroxylation sites is 2. The van der Waals surface area contributed by atoms with Gasteiger partial charge in [-0.1, -0.05) is 12.1 Å². The van der Waals surface area contributed by atoms with E-state index in [1.807, 2.05) is 6.92 Å². The molecule has 0 spiro atoms. The fourth-order valence-corrected chi connectivity index (χ4v) is 2.05. The Morgan fingerprint density at radius 1 is 1.08 bits per heavy atom. The molecule has 4 nitrogen and oxygen atoms in total. The number of hydrogen-bond donors (Lipinski definition) is 1. The third-order valence-corrected chi connectivity index (χ3v) is 3.30. The molecule has 1 amide bonds. The van der Waals surface area contributed by atoms with Crippen molar-refractivity contribution in [3.05, 3.63) is 54.1 Å². The highest BCUT2D eigenvalue weighted by atomic mass is 19.4. The first-order chi connectivity index (χ1) is 11.8. The van der Waals surface area contributed by atoms with Gasteiger partial charge in [-0.05, 0) is 50.2 Å². The van der Waals surface area contributed by atoms with Crippen molar-refractivity contribution in [2.24, 2.45) is 0 Å². The minimum atomic E-state index is -4.41. The first kappa shape index (κ1) is 18.6. The van der Waals surface area contributed by atoms with Gasteiger partial charge in [-0.2, -0.15) is 13.2 Å². The molecule has 0 aromatic heterocycles. The van der Waals surface area contributed by atoms with Crippen LogP contribution < -0.4 is 14.8 Å². The van der Waals surface area contributed by atoms with Crippen molar-refractivity contribution in [2.75, 3.05) is 11.9 Å². The Hall–Kier alpha value is -2.70. The molecule has 2 aromatic rings. The highest BCUT2D eigenvalue weighted by Gasteiger charge is 2.30. The maximum Gasteiger partial charge on any atom is 0.416 e. The Labute approximate surface area is 143 Å². The summed E-state index contributed by atoms with van der Waals surface area (Å²) in [6, 6.07) is 11.1. The minimum absolute atomic E-state index is 0.256. The maximum absolute atomic E-state index is 12.5. The van der Waals surface area contributed by atoms with E-state index >= 15 is 0 Å². The Morgan fingerprint density at radius 3 is 2.24 bits per heavy atom. The third-order valence-electron chi connectivity index (χ3n) is 3.30. The zero-order valence-electron chi connectivity index (χ0n) is 13.8. The van der Waals surface area contributed by atoms with E-state index in [9.17, 15) is 18.0 Å². The van der Waals surface area contributed by atoms with Crippen LogP contribution in [0, 0.1) is 0 Å². The van der Waals surface area contributed by atoms with Gasteiger partial charge in [0.05, 0.1) is 12.2 Å². The van der Waals surface area contributed by atoms with Crippen LogP contribution in [0.25, 0.3) is 0 Å². The van der Waals surface area contributed by atoms with E-state index in [-0.39, 0.29) is 5.69 Å². The average molecular weight is 353 g/mol. The first-order valence-corrected chi connectivity index (χ1v) is 7.68. The number of halogens is 3. The molecular weight excluding hydrogens is 335 g/mol. The number of benzene rings is 2. The summed E-state index contributed by atoms with van der Waals surface area (Å²) in [5.41, 5.74) is -0.521. The molecule has 0 aliphatic heterocycles. The van der Waals surface area contributed by atoms with Gasteiger partial charge in [-0.25, -0.2) is 0 Å². The molecule has 134 valence electrons. The Kier molecular flexibility index (Phi) is 5.90. The van der Waals surface area contributed by atoms with Crippen molar-refractivity contribution in [3.63, 3.8) is 0 Å². The molecule has 0 aliphatic carbocycles. The van der Waals surface area contributed by atoms with Gasteiger partial charge in [0.25, 0.3) is 5.91 Å². The van der Waals surface area contributed by atoms with Crippen molar-refractivity contribution >= 4 is 11.6 Å². The van der Waals surface area contributed by atoms with Crippen molar-refractivity contribution in [3.8, 4) is 11.5 Å². The van der Waals surface area contributed by atoms with Crippen LogP contribution in [-0.4, -0.2) is 18.6 Å². The molecule has 1 N–H and O–H groups in total. The Balaban J connectivity index is 2.01. The predicted molar refractivity (Wildman–Crippen MR) is 87.8 cm³/mol. The van der Waals surface area contributed by atoms with Gasteiger partial charge in [0, 0.05) is 5.69 Å². The van der Waals surface area contributed by atoms with Crippen LogP contribution in [0.15, 0.2) is 48.5 Å². The van der Waals surface area contributed by atoms with Crippen LogP contribution in [0.4, 0.5) is 18.9 Å². The second kappa shape index (κ2) is 7.92. The largest absolute Gasteiger partial charge is 0.490 e. The normalized spacial score (nSPS) is 12.4. The minimum Gasteiger partial charge on any atom is -0.490 e. The highest BCUT2D eigenvalue weighted by Crippen LogP contribution is 2.30. The van der Waals surface area contributed by atoms with Gasteiger partial charge in [0.1, 0.15) is 0 Å². The van der Waals surface area contributed by atoms with Crippen molar-refractivity contribution in [1.82, 2.24) is 0 Å². The predicted octanol–water partition coefficient (Wildman–Crippen LogP) is 4.51. The lowest BCUT2D eigenvalue weighted by molar-refractivity contribution is -0.137. The van der Waals surface area contributed by atoms with E-state index in [4.69, 9.17) is 9.47 Å². The third kappa shape index (κ3) is 5.14. The molecule has 0 unspecified atom stereocenters. The molecule has 0 saturated heterocycles. The lowest BCUT2D eigenvalue weighted by Gasteiger charge is -2.17. The molecule has 25 heavy (non-hydrogen) atoms. The Morgan fingerprint density at radius 2 is 1.68 bits per heavy atom. The molecule has 0 fully saturated rings. The second-order valence-corrected chi connectivity index (χ2v) is 5.20. The Bertz CT molecular complexity index is 714. The van der Waals surface area contributed by atoms with Gasteiger partial charge in [0.15, 0.2) is 17.6 Å². The number of rotatable bonds is 6. The van der Waals surface area contributed by atoms with Gasteiger partial charge >= 0.3 is 6.18 Å². The summed E-state index contributed by atoms with van der Waals surface area (Å²) in [4.78, 5) is 12.2. The summed E-state index contributed by atoms with van der Waals surface area (Å²) in [5, 5.41) is 2.52. The molecule has 1 atom stereocenters. The summed E-state index contributed by atoms with van der Waals surface area (Å²) in [6.45, 7) is 3.83. The molecular formula is C18H18F3NO3. The van der Waals surface area contributed by atoms with E-state index < -0.39 is 23.8 Å². The van der Waals surface area contributed by atoms with E-state index in [0.717, 1.165) is 12.1 Å². The SMILES string of the molecule is CCOc1ccccc1O[C@@H](C)C(=O)Nc1ccc(C(F)(F)F)cc1. The molecule has 7 heteroatoms. The van der Waals surface area contributed by atoms with Crippen LogP contribution in [-0.2, 0) is 11.0 Å². The van der Waals surface area contributed by atoms with E-state index in [1.165, 1.54) is 12.1 Å². The number of anilines is 1. The quantitative estimate of drug-likeness (QED) is 0.831. The van der Waals surface area contributed by atoms with E-state index in [0.29, 0.717) is 18.1 Å². The monoisotopic (exact) mass is 353 g/mol. The van der Waals surface area contributed by atoms with Crippen molar-refractivity contribution in [2.45, 2.75) is 26.1 Å². The van der Waals surface area contributed by atoms with Gasteiger partial charge < -0.3 is 14.8 Å². The smallest absolute Gasteiger partial charge is 0.416 e. The molecule has 0 aliphatic rings. The van der Waals surface area contributed by atoms with Gasteiger partial charge in [0.2, 0.25) is 0 Å². The first-order valence-electron chi connectivity index (χ1n) is 7.68. The summed E-state index contributed by atoms with van der Waals surface area (Å²) in [6.07, 6.45) is -5.27. The summed E-state index contributed by atoms with van der Waals surface area (Å²) >= 11 is 0. The number of hydrogen-bond acceptors (Lipinski definition) is 3. The van der Waals surface area contributed by atoms with Crippen LogP contribution in [0.2, 0.25) is 0 Å². The average Bonchev–Trinajstić information content (AvgIpc) is 2.56. The zero-order valence-corrected chi connectivity index (χ0v) is 13.8. The van der Waals surface area contributed by atoms with E-state index in [1.54, 1.807) is 31.2 Å². The molecule has 2 aromatic carbocycles. The molecule has 0 bridgehead atoms. The number of amides is 1. The lowest BCUT2D eigenvalue weighted by Crippen LogP contribution is -2.30. The number of nitrogens with one attached hydrogen (secondary N) is 1. The number of carbonyl (C=O) groups excluding carboxylic acids is 1. The fourth-order valence-electron chi connectivity index (χ4n) is 2.05. The van der Waals surface area contributed by atoms with Gasteiger partial charge in [-0.3, -0.25) is 4.79 Å². The second-order valence-electron chi connectivity index (χ2n) is 5.20. The van der Waals surface area contributed by atoms with E-state index in [2.05, 4.69) is 5.32 Å². The lowest BCUT2D eigenvalue weighted by atomic mass is 10.2.